The van der Waals surface area contributed by atoms with Gasteiger partial charge in [0, 0.05) is 57.6 Å². The molecule has 0 saturated carbocycles. The van der Waals surface area contributed by atoms with E-state index in [1.165, 1.54) is 61.2 Å². The number of benzene rings is 3. The van der Waals surface area contributed by atoms with Crippen molar-refractivity contribution in [2.75, 3.05) is 5.09 Å². The second-order valence-electron chi connectivity index (χ2n) is 12.1. The van der Waals surface area contributed by atoms with Crippen molar-refractivity contribution in [2.24, 2.45) is 0 Å². The number of nitrogens with one attached hydrogen (secondary N) is 1. The van der Waals surface area contributed by atoms with E-state index in [2.05, 4.69) is 148 Å². The van der Waals surface area contributed by atoms with Gasteiger partial charge in [0.1, 0.15) is 0 Å². The Morgan fingerprint density at radius 1 is 0.610 bits per heavy atom. The van der Waals surface area contributed by atoms with Gasteiger partial charge in [0.15, 0.2) is 0 Å². The van der Waals surface area contributed by atoms with Crippen molar-refractivity contribution in [3.63, 3.8) is 0 Å². The molecular formula is C36H40N3PS. The molecule has 210 valence electrons. The van der Waals surface area contributed by atoms with Crippen LogP contribution in [0.15, 0.2) is 84.9 Å². The number of aryl methyl sites for hydroxylation is 1. The number of hydrogen-bond donors (Lipinski definition) is 1. The molecule has 41 heavy (non-hydrogen) atoms. The van der Waals surface area contributed by atoms with E-state index < -0.39 is 6.19 Å². The van der Waals surface area contributed by atoms with Gasteiger partial charge in [-0.1, -0.05) is 104 Å². The van der Waals surface area contributed by atoms with E-state index in [4.69, 9.17) is 11.8 Å². The van der Waals surface area contributed by atoms with Crippen molar-refractivity contribution in [2.45, 2.75) is 67.0 Å². The largest absolute Gasteiger partial charge is 0.351 e. The molecule has 0 radical (unpaired) electrons. The summed E-state index contributed by atoms with van der Waals surface area (Å²) in [5, 5.41) is 6.72. The number of aromatic nitrogens is 2. The minimum atomic E-state index is -2.47. The van der Waals surface area contributed by atoms with Gasteiger partial charge in [0.05, 0.1) is 6.19 Å². The Kier molecular flexibility index (Phi) is 6.91. The fraction of sp³-hybridized carbons (Fsp3) is 0.278. The molecular weight excluding hydrogens is 537 g/mol. The second-order valence-corrected chi connectivity index (χ2v) is 16.1. The van der Waals surface area contributed by atoms with Crippen LogP contribution in [-0.2, 0) is 30.3 Å². The standard InChI is InChI=1S/C36H40N3PS/c1-24-18-20-31(21-19-24)37-40(41)34-27(4)38(22-29-14-10-8-11-15-29)25(2)32(34)36(6,7)33-26(3)39(28(5)35(33)40)23-30-16-12-9-13-17-30/h8-21H,22-23H2,1-7H3,(H,37,41). The zero-order valence-corrected chi connectivity index (χ0v) is 27.0. The third kappa shape index (κ3) is 4.44. The Morgan fingerprint density at radius 2 is 1.02 bits per heavy atom. The molecule has 0 atom stereocenters. The zero-order chi connectivity index (χ0) is 29.1. The van der Waals surface area contributed by atoms with Crippen molar-refractivity contribution in [3.05, 3.63) is 136 Å². The molecule has 3 heterocycles. The molecule has 1 aliphatic rings. The molecule has 5 aromatic rings. The van der Waals surface area contributed by atoms with Crippen LogP contribution in [0, 0.1) is 34.6 Å². The first kappa shape index (κ1) is 27.8. The topological polar surface area (TPSA) is 21.9 Å². The van der Waals surface area contributed by atoms with E-state index >= 15 is 0 Å². The highest BCUT2D eigenvalue weighted by atomic mass is 32.4. The van der Waals surface area contributed by atoms with Gasteiger partial charge in [-0.25, -0.2) is 0 Å². The van der Waals surface area contributed by atoms with Gasteiger partial charge in [-0.3, -0.25) is 0 Å². The van der Waals surface area contributed by atoms with Crippen LogP contribution in [0.3, 0.4) is 0 Å². The summed E-state index contributed by atoms with van der Waals surface area (Å²) in [7, 11) is 0. The van der Waals surface area contributed by atoms with Gasteiger partial charge in [0.2, 0.25) is 0 Å². The van der Waals surface area contributed by atoms with E-state index in [1.807, 2.05) is 0 Å². The Morgan fingerprint density at radius 3 is 1.44 bits per heavy atom. The third-order valence-electron chi connectivity index (χ3n) is 9.09. The van der Waals surface area contributed by atoms with Crippen LogP contribution in [-0.4, -0.2) is 9.13 Å². The fourth-order valence-corrected chi connectivity index (χ4v) is 12.4. The number of fused-ring (bicyclic) bond motifs is 2. The number of rotatable bonds is 6. The van der Waals surface area contributed by atoms with Gasteiger partial charge in [-0.15, -0.1) is 0 Å². The molecule has 0 amide bonds. The lowest BCUT2D eigenvalue weighted by atomic mass is 9.77. The summed E-state index contributed by atoms with van der Waals surface area (Å²) >= 11 is 7.00. The highest BCUT2D eigenvalue weighted by Gasteiger charge is 2.48. The molecule has 0 bridgehead atoms. The van der Waals surface area contributed by atoms with Crippen molar-refractivity contribution < 1.29 is 0 Å². The van der Waals surface area contributed by atoms with Crippen molar-refractivity contribution >= 4 is 34.3 Å². The predicted molar refractivity (Wildman–Crippen MR) is 179 cm³/mol. The van der Waals surface area contributed by atoms with E-state index in [9.17, 15) is 0 Å². The predicted octanol–water partition coefficient (Wildman–Crippen LogP) is 8.03. The molecule has 0 spiro atoms. The van der Waals surface area contributed by atoms with Crippen molar-refractivity contribution in [3.8, 4) is 0 Å². The molecule has 1 N–H and O–H groups in total. The lowest BCUT2D eigenvalue weighted by molar-refractivity contribution is 0.620. The maximum absolute atomic E-state index is 7.00. The molecule has 3 nitrogen and oxygen atoms in total. The number of nitrogens with zero attached hydrogens (tertiary/aromatic N) is 2. The Hall–Kier alpha value is -3.33. The van der Waals surface area contributed by atoms with Gasteiger partial charge >= 0.3 is 0 Å². The van der Waals surface area contributed by atoms with E-state index in [-0.39, 0.29) is 5.41 Å². The van der Waals surface area contributed by atoms with Gasteiger partial charge in [0.25, 0.3) is 0 Å². The minimum absolute atomic E-state index is 0.185. The average molecular weight is 578 g/mol. The summed E-state index contributed by atoms with van der Waals surface area (Å²) in [6, 6.07) is 30.3. The van der Waals surface area contributed by atoms with E-state index in [0.29, 0.717) is 0 Å². The first-order valence-electron chi connectivity index (χ1n) is 14.5. The molecule has 5 heteroatoms. The lowest BCUT2D eigenvalue weighted by Crippen LogP contribution is -2.41. The fourth-order valence-electron chi connectivity index (χ4n) is 7.17. The zero-order valence-electron chi connectivity index (χ0n) is 25.2. The van der Waals surface area contributed by atoms with E-state index in [1.54, 1.807) is 0 Å². The first-order chi connectivity index (χ1) is 19.5. The quantitative estimate of drug-likeness (QED) is 0.206. The number of anilines is 1. The van der Waals surface area contributed by atoms with E-state index in [0.717, 1.165) is 18.8 Å². The molecule has 0 saturated heterocycles. The van der Waals surface area contributed by atoms with Crippen LogP contribution in [0.4, 0.5) is 5.69 Å². The lowest BCUT2D eigenvalue weighted by Gasteiger charge is -2.40. The Bertz CT molecular complexity index is 1690. The molecule has 1 aliphatic heterocycles. The van der Waals surface area contributed by atoms with Crippen LogP contribution in [0.25, 0.3) is 0 Å². The summed E-state index contributed by atoms with van der Waals surface area (Å²) in [4.78, 5) is 0. The van der Waals surface area contributed by atoms with Crippen LogP contribution in [0.1, 0.15) is 64.4 Å². The first-order valence-corrected chi connectivity index (χ1v) is 17.3. The molecule has 3 aromatic carbocycles. The minimum Gasteiger partial charge on any atom is -0.351 e. The van der Waals surface area contributed by atoms with Crippen molar-refractivity contribution in [1.29, 1.82) is 0 Å². The van der Waals surface area contributed by atoms with Crippen LogP contribution < -0.4 is 15.7 Å². The number of hydrogen-bond acceptors (Lipinski definition) is 1. The molecule has 6 rings (SSSR count). The monoisotopic (exact) mass is 577 g/mol. The summed E-state index contributed by atoms with van der Waals surface area (Å²) in [5.41, 5.74) is 12.8. The molecule has 0 fully saturated rings. The van der Waals surface area contributed by atoms with Crippen molar-refractivity contribution in [1.82, 2.24) is 9.13 Å². The summed E-state index contributed by atoms with van der Waals surface area (Å²) < 4.78 is 5.02. The SMILES string of the molecule is Cc1ccc(NP2(=S)c3c(c(C)n(Cc4ccccc4)c3C)C(C)(C)c3c2c(C)n(Cc2ccccc2)c3C)cc1. The normalized spacial score (nSPS) is 14.9. The summed E-state index contributed by atoms with van der Waals surface area (Å²) in [6.45, 7) is 17.8. The molecule has 2 aromatic heterocycles. The van der Waals surface area contributed by atoms with Gasteiger partial charge in [-0.2, -0.15) is 0 Å². The average Bonchev–Trinajstić information content (AvgIpc) is 3.37. The second kappa shape index (κ2) is 10.2. The smallest absolute Gasteiger partial charge is 0.0945 e. The molecule has 0 aliphatic carbocycles. The Labute approximate surface area is 250 Å². The highest BCUT2D eigenvalue weighted by Crippen LogP contribution is 2.57. The highest BCUT2D eigenvalue weighted by molar-refractivity contribution is 8.22. The van der Waals surface area contributed by atoms with Crippen LogP contribution >= 0.6 is 6.19 Å². The maximum atomic E-state index is 7.00. The summed E-state index contributed by atoms with van der Waals surface area (Å²) in [6.07, 6.45) is -2.47. The summed E-state index contributed by atoms with van der Waals surface area (Å²) in [5.74, 6) is 0. The van der Waals surface area contributed by atoms with Gasteiger partial charge < -0.3 is 14.2 Å². The third-order valence-corrected chi connectivity index (χ3v) is 13.4. The van der Waals surface area contributed by atoms with Crippen LogP contribution in [0.5, 0.6) is 0 Å². The van der Waals surface area contributed by atoms with Crippen LogP contribution in [0.2, 0.25) is 0 Å². The Balaban J connectivity index is 1.62. The maximum Gasteiger partial charge on any atom is 0.0945 e. The van der Waals surface area contributed by atoms with Gasteiger partial charge in [-0.05, 0) is 69.0 Å². The molecule has 0 unspecified atom stereocenters.